The van der Waals surface area contributed by atoms with Crippen LogP contribution < -0.4 is 0 Å². The fourth-order valence-electron chi connectivity index (χ4n) is 2.61. The van der Waals surface area contributed by atoms with Gasteiger partial charge in [-0.05, 0) is 6.42 Å². The summed E-state index contributed by atoms with van der Waals surface area (Å²) in [5, 5.41) is 8.83. The van der Waals surface area contributed by atoms with Crippen LogP contribution in [0.5, 0.6) is 0 Å². The molecular formula is C13H27N3O6Si. The quantitative estimate of drug-likeness (QED) is 0.612. The molecule has 0 radical (unpaired) electrons. The summed E-state index contributed by atoms with van der Waals surface area (Å²) in [5.41, 5.74) is 0. The molecule has 0 aromatic rings. The molecule has 0 saturated carbocycles. The van der Waals surface area contributed by atoms with Crippen LogP contribution in [-0.2, 0) is 18.1 Å². The van der Waals surface area contributed by atoms with Gasteiger partial charge in [-0.3, -0.25) is 14.3 Å². The minimum atomic E-state index is -3.22. The van der Waals surface area contributed by atoms with Gasteiger partial charge in [-0.1, -0.05) is 6.92 Å². The van der Waals surface area contributed by atoms with E-state index in [-0.39, 0.29) is 12.6 Å². The SMILES string of the molecule is CCCN(C(=O)N1CCN(CC(=O)O)CC1)[Si](OC)(OC)OC. The summed E-state index contributed by atoms with van der Waals surface area (Å²) in [6, 6.07) is -0.195. The number of nitrogens with zero attached hydrogens (tertiary/aromatic N) is 3. The van der Waals surface area contributed by atoms with Crippen LogP contribution >= 0.6 is 0 Å². The highest BCUT2D eigenvalue weighted by Crippen LogP contribution is 2.17. The van der Waals surface area contributed by atoms with Gasteiger partial charge in [-0.15, -0.1) is 0 Å². The van der Waals surface area contributed by atoms with Crippen LogP contribution in [0.3, 0.4) is 0 Å². The van der Waals surface area contributed by atoms with Crippen molar-refractivity contribution in [3.63, 3.8) is 0 Å². The first-order valence-electron chi connectivity index (χ1n) is 7.60. The van der Waals surface area contributed by atoms with E-state index in [0.717, 1.165) is 6.42 Å². The first kappa shape index (κ1) is 19.8. The minimum absolute atomic E-state index is 0.00634. The third kappa shape index (κ3) is 4.88. The number of carboxylic acids is 1. The van der Waals surface area contributed by atoms with E-state index >= 15 is 0 Å². The van der Waals surface area contributed by atoms with Gasteiger partial charge in [-0.2, -0.15) is 0 Å². The zero-order valence-electron chi connectivity index (χ0n) is 14.3. The summed E-state index contributed by atoms with van der Waals surface area (Å²) in [6.07, 6.45) is 0.746. The van der Waals surface area contributed by atoms with E-state index in [9.17, 15) is 9.59 Å². The van der Waals surface area contributed by atoms with Crippen LogP contribution in [0.15, 0.2) is 0 Å². The molecule has 1 aliphatic rings. The fourth-order valence-corrected chi connectivity index (χ4v) is 4.65. The first-order valence-corrected chi connectivity index (χ1v) is 9.27. The van der Waals surface area contributed by atoms with Crippen molar-refractivity contribution in [3.05, 3.63) is 0 Å². The van der Waals surface area contributed by atoms with Crippen molar-refractivity contribution in [2.24, 2.45) is 0 Å². The number of piperazine rings is 1. The summed E-state index contributed by atoms with van der Waals surface area (Å²) < 4.78 is 17.8. The van der Waals surface area contributed by atoms with Gasteiger partial charge in [0, 0.05) is 54.1 Å². The normalized spacial score (nSPS) is 16.4. The van der Waals surface area contributed by atoms with Crippen molar-refractivity contribution in [2.75, 3.05) is 60.6 Å². The standard InChI is InChI=1S/C13H27N3O6Si/c1-5-6-16(23(20-2,21-3)22-4)13(19)15-9-7-14(8-10-15)11-12(17)18/h5-11H2,1-4H3,(H,17,18). The lowest BCUT2D eigenvalue weighted by Gasteiger charge is -2.41. The number of carbonyl (C=O) groups is 2. The molecule has 1 N–H and O–H groups in total. The van der Waals surface area contributed by atoms with Gasteiger partial charge in [0.25, 0.3) is 0 Å². The Morgan fingerprint density at radius 3 is 2.00 bits per heavy atom. The Labute approximate surface area is 138 Å². The lowest BCUT2D eigenvalue weighted by Crippen LogP contribution is -2.65. The van der Waals surface area contributed by atoms with Gasteiger partial charge in [0.15, 0.2) is 0 Å². The number of carbonyl (C=O) groups excluding carboxylic acids is 1. The fraction of sp³-hybridized carbons (Fsp3) is 0.846. The monoisotopic (exact) mass is 349 g/mol. The van der Waals surface area contributed by atoms with Crippen molar-refractivity contribution in [3.8, 4) is 0 Å². The summed E-state index contributed by atoms with van der Waals surface area (Å²) in [6.45, 7) is 4.41. The third-order valence-electron chi connectivity index (χ3n) is 3.78. The molecule has 134 valence electrons. The van der Waals surface area contributed by atoms with E-state index in [1.54, 1.807) is 9.47 Å². The molecule has 9 nitrogen and oxygen atoms in total. The van der Waals surface area contributed by atoms with Gasteiger partial charge >= 0.3 is 21.0 Å². The number of urea groups is 1. The van der Waals surface area contributed by atoms with Crippen molar-refractivity contribution >= 4 is 21.0 Å². The van der Waals surface area contributed by atoms with Crippen LogP contribution in [-0.4, -0.2) is 101 Å². The molecule has 0 aromatic heterocycles. The van der Waals surface area contributed by atoms with Crippen LogP contribution in [0.2, 0.25) is 0 Å². The van der Waals surface area contributed by atoms with Crippen LogP contribution in [0.25, 0.3) is 0 Å². The van der Waals surface area contributed by atoms with E-state index in [4.69, 9.17) is 18.4 Å². The molecule has 0 spiro atoms. The van der Waals surface area contributed by atoms with Crippen molar-refractivity contribution in [1.29, 1.82) is 0 Å². The number of hydrogen-bond acceptors (Lipinski definition) is 6. The second kappa shape index (κ2) is 9.18. The van der Waals surface area contributed by atoms with E-state index < -0.39 is 14.9 Å². The predicted octanol–water partition coefficient (Wildman–Crippen LogP) is -0.105. The zero-order valence-corrected chi connectivity index (χ0v) is 15.3. The maximum absolute atomic E-state index is 12.9. The van der Waals surface area contributed by atoms with Crippen LogP contribution in [0.4, 0.5) is 4.79 Å². The average molecular weight is 349 g/mol. The summed E-state index contributed by atoms with van der Waals surface area (Å²) in [7, 11) is 1.19. The van der Waals surface area contributed by atoms with Crippen molar-refractivity contribution in [2.45, 2.75) is 13.3 Å². The third-order valence-corrected chi connectivity index (χ3v) is 6.41. The van der Waals surface area contributed by atoms with Gasteiger partial charge in [-0.25, -0.2) is 4.79 Å². The summed E-state index contributed by atoms with van der Waals surface area (Å²) in [5.74, 6) is -0.859. The van der Waals surface area contributed by atoms with Crippen molar-refractivity contribution < 1.29 is 28.0 Å². The van der Waals surface area contributed by atoms with Gasteiger partial charge < -0.3 is 23.3 Å². The highest BCUT2D eigenvalue weighted by Gasteiger charge is 2.50. The predicted molar refractivity (Wildman–Crippen MR) is 84.8 cm³/mol. The molecule has 0 aromatic carbocycles. The molecule has 0 aliphatic carbocycles. The Hall–Kier alpha value is -1.20. The number of amides is 2. The maximum atomic E-state index is 12.9. The Morgan fingerprint density at radius 1 is 1.09 bits per heavy atom. The molecule has 1 aliphatic heterocycles. The molecule has 10 heteroatoms. The highest BCUT2D eigenvalue weighted by atomic mass is 28.4. The molecule has 0 bridgehead atoms. The second-order valence-electron chi connectivity index (χ2n) is 5.23. The van der Waals surface area contributed by atoms with Gasteiger partial charge in [0.1, 0.15) is 0 Å². The lowest BCUT2D eigenvalue weighted by molar-refractivity contribution is -0.138. The van der Waals surface area contributed by atoms with E-state index in [1.165, 1.54) is 21.3 Å². The molecule has 0 atom stereocenters. The Kier molecular flexibility index (Phi) is 7.92. The molecule has 1 saturated heterocycles. The molecule has 1 fully saturated rings. The molecule has 2 amide bonds. The van der Waals surface area contributed by atoms with Crippen LogP contribution in [0.1, 0.15) is 13.3 Å². The molecular weight excluding hydrogens is 322 g/mol. The minimum Gasteiger partial charge on any atom is -0.480 e. The molecule has 0 unspecified atom stereocenters. The topological polar surface area (TPSA) is 91.8 Å². The zero-order chi connectivity index (χ0) is 17.5. The Morgan fingerprint density at radius 2 is 1.61 bits per heavy atom. The molecule has 1 heterocycles. The van der Waals surface area contributed by atoms with Crippen molar-refractivity contribution in [1.82, 2.24) is 14.4 Å². The average Bonchev–Trinajstić information content (AvgIpc) is 2.55. The number of hydrogen-bond donors (Lipinski definition) is 1. The van der Waals surface area contributed by atoms with Crippen LogP contribution in [0, 0.1) is 0 Å². The highest BCUT2D eigenvalue weighted by molar-refractivity contribution is 6.60. The number of aliphatic carboxylic acids is 1. The van der Waals surface area contributed by atoms with E-state index in [0.29, 0.717) is 32.7 Å². The Balaban J connectivity index is 2.77. The molecule has 23 heavy (non-hydrogen) atoms. The lowest BCUT2D eigenvalue weighted by atomic mass is 10.3. The maximum Gasteiger partial charge on any atom is 0.636 e. The van der Waals surface area contributed by atoms with E-state index in [2.05, 4.69) is 0 Å². The smallest absolute Gasteiger partial charge is 0.480 e. The number of rotatable bonds is 8. The first-order chi connectivity index (χ1) is 10.9. The Bertz CT molecular complexity index is 391. The number of carboxylic acid groups (broad SMARTS) is 1. The summed E-state index contributed by atoms with van der Waals surface area (Å²) in [4.78, 5) is 27.1. The second-order valence-corrected chi connectivity index (χ2v) is 8.04. The largest absolute Gasteiger partial charge is 0.636 e. The summed E-state index contributed by atoms with van der Waals surface area (Å²) >= 11 is 0. The molecule has 1 rings (SSSR count). The van der Waals surface area contributed by atoms with E-state index in [1.807, 2.05) is 11.8 Å². The van der Waals surface area contributed by atoms with Gasteiger partial charge in [0.05, 0.1) is 6.54 Å². The van der Waals surface area contributed by atoms with Gasteiger partial charge in [0.2, 0.25) is 0 Å².